The first-order chi connectivity index (χ1) is 14.9. The Hall–Kier alpha value is -3.72. The summed E-state index contributed by atoms with van der Waals surface area (Å²) in [6, 6.07) is 16.7. The second kappa shape index (κ2) is 7.21. The third kappa shape index (κ3) is 3.23. The van der Waals surface area contributed by atoms with Crippen molar-refractivity contribution in [3.63, 3.8) is 0 Å². The van der Waals surface area contributed by atoms with E-state index in [2.05, 4.69) is 15.4 Å². The highest BCUT2D eigenvalue weighted by atomic mass is 32.2. The van der Waals surface area contributed by atoms with Crippen LogP contribution in [0.5, 0.6) is 0 Å². The topological polar surface area (TPSA) is 96.7 Å². The minimum atomic E-state index is -3.83. The predicted molar refractivity (Wildman–Crippen MR) is 117 cm³/mol. The molecule has 0 radical (unpaired) electrons. The molecule has 156 valence electrons. The number of carbonyl (C=O) groups is 1. The molecule has 1 unspecified atom stereocenters. The van der Waals surface area contributed by atoms with Crippen molar-refractivity contribution < 1.29 is 13.2 Å². The van der Waals surface area contributed by atoms with Crippen molar-refractivity contribution in [3.8, 4) is 0 Å². The van der Waals surface area contributed by atoms with Crippen LogP contribution in [0.15, 0.2) is 78.0 Å². The number of sulfonamides is 1. The molecule has 1 N–H and O–H groups in total. The summed E-state index contributed by atoms with van der Waals surface area (Å²) < 4.78 is 29.8. The summed E-state index contributed by atoms with van der Waals surface area (Å²) in [6.45, 7) is 1.88. The maximum Gasteiger partial charge on any atom is 0.264 e. The number of amides is 1. The zero-order valence-corrected chi connectivity index (χ0v) is 17.5. The van der Waals surface area contributed by atoms with Gasteiger partial charge in [0, 0.05) is 23.9 Å². The lowest BCUT2D eigenvalue weighted by Gasteiger charge is -2.24. The predicted octanol–water partition coefficient (Wildman–Crippen LogP) is 3.12. The van der Waals surface area contributed by atoms with Crippen LogP contribution in [0.3, 0.4) is 0 Å². The van der Waals surface area contributed by atoms with Gasteiger partial charge in [0.05, 0.1) is 16.8 Å². The van der Waals surface area contributed by atoms with Crippen LogP contribution in [0, 0.1) is 0 Å². The highest BCUT2D eigenvalue weighted by molar-refractivity contribution is 7.92. The van der Waals surface area contributed by atoms with Gasteiger partial charge in [0.1, 0.15) is 5.82 Å². The molecular weight excluding hydrogens is 414 g/mol. The van der Waals surface area contributed by atoms with E-state index >= 15 is 0 Å². The Morgan fingerprint density at radius 3 is 2.77 bits per heavy atom. The van der Waals surface area contributed by atoms with Crippen molar-refractivity contribution in [2.75, 3.05) is 9.62 Å². The Morgan fingerprint density at radius 1 is 1.06 bits per heavy atom. The summed E-state index contributed by atoms with van der Waals surface area (Å²) in [5.74, 6) is 0.00488. The SMILES string of the molecule is CC1Cc2ccccc2N1S(=O)(=O)c1cccc(C(=O)Nc2ccnc3ccnn23)c1. The minimum Gasteiger partial charge on any atom is -0.306 e. The Labute approximate surface area is 179 Å². The first-order valence-electron chi connectivity index (χ1n) is 9.78. The number of hydrogen-bond acceptors (Lipinski definition) is 5. The number of nitrogens with zero attached hydrogens (tertiary/aromatic N) is 4. The standard InChI is InChI=1S/C22H19N5O3S/c1-15-13-16-5-2-3-8-19(16)27(15)31(29,30)18-7-4-6-17(14-18)22(28)25-21-9-11-23-20-10-12-24-26(20)21/h2-12,14-15H,13H2,1H3,(H,25,28). The number of aromatic nitrogens is 3. The number of fused-ring (bicyclic) bond motifs is 2. The summed E-state index contributed by atoms with van der Waals surface area (Å²) in [4.78, 5) is 17.1. The normalized spacial score (nSPS) is 15.8. The molecule has 0 saturated carbocycles. The fraction of sp³-hybridized carbons (Fsp3) is 0.136. The molecular formula is C22H19N5O3S. The van der Waals surface area contributed by atoms with Gasteiger partial charge in [0.2, 0.25) is 0 Å². The highest BCUT2D eigenvalue weighted by Gasteiger charge is 2.36. The van der Waals surface area contributed by atoms with E-state index in [0.717, 1.165) is 5.56 Å². The number of carbonyl (C=O) groups excluding carboxylic acids is 1. The van der Waals surface area contributed by atoms with E-state index in [1.807, 2.05) is 31.2 Å². The molecule has 2 aromatic carbocycles. The van der Waals surface area contributed by atoms with Crippen molar-refractivity contribution >= 4 is 33.1 Å². The highest BCUT2D eigenvalue weighted by Crippen LogP contribution is 2.36. The van der Waals surface area contributed by atoms with Gasteiger partial charge in [0.25, 0.3) is 15.9 Å². The number of rotatable bonds is 4. The summed E-state index contributed by atoms with van der Waals surface area (Å²) in [6.07, 6.45) is 3.80. The van der Waals surface area contributed by atoms with Gasteiger partial charge in [-0.15, -0.1) is 0 Å². The van der Waals surface area contributed by atoms with Crippen LogP contribution in [0.25, 0.3) is 5.65 Å². The van der Waals surface area contributed by atoms with E-state index in [0.29, 0.717) is 23.6 Å². The molecule has 3 heterocycles. The largest absolute Gasteiger partial charge is 0.306 e. The average molecular weight is 433 g/mol. The monoisotopic (exact) mass is 433 g/mol. The molecule has 0 spiro atoms. The molecule has 0 fully saturated rings. The summed E-state index contributed by atoms with van der Waals surface area (Å²) in [5.41, 5.74) is 2.50. The number of hydrogen-bond donors (Lipinski definition) is 1. The average Bonchev–Trinajstić information content (AvgIpc) is 3.38. The van der Waals surface area contributed by atoms with Gasteiger partial charge in [0.15, 0.2) is 5.65 Å². The molecule has 5 rings (SSSR count). The molecule has 1 aliphatic heterocycles. The van der Waals surface area contributed by atoms with Crippen molar-refractivity contribution in [1.29, 1.82) is 0 Å². The molecule has 4 aromatic rings. The van der Waals surface area contributed by atoms with Crippen LogP contribution in [0.2, 0.25) is 0 Å². The van der Waals surface area contributed by atoms with E-state index in [1.54, 1.807) is 36.7 Å². The van der Waals surface area contributed by atoms with Gasteiger partial charge in [-0.25, -0.2) is 13.4 Å². The lowest BCUT2D eigenvalue weighted by Crippen LogP contribution is -2.35. The number of benzene rings is 2. The second-order valence-electron chi connectivity index (χ2n) is 7.40. The molecule has 31 heavy (non-hydrogen) atoms. The lowest BCUT2D eigenvalue weighted by molar-refractivity contribution is 0.102. The van der Waals surface area contributed by atoms with Crippen molar-refractivity contribution in [3.05, 3.63) is 84.2 Å². The lowest BCUT2D eigenvalue weighted by atomic mass is 10.1. The van der Waals surface area contributed by atoms with Crippen LogP contribution in [0.1, 0.15) is 22.8 Å². The van der Waals surface area contributed by atoms with Crippen LogP contribution >= 0.6 is 0 Å². The van der Waals surface area contributed by atoms with Gasteiger partial charge >= 0.3 is 0 Å². The summed E-state index contributed by atoms with van der Waals surface area (Å²) >= 11 is 0. The Bertz CT molecular complexity index is 1410. The van der Waals surface area contributed by atoms with E-state index in [4.69, 9.17) is 0 Å². The first kappa shape index (κ1) is 19.3. The molecule has 0 aliphatic carbocycles. The Morgan fingerprint density at radius 2 is 1.90 bits per heavy atom. The van der Waals surface area contributed by atoms with E-state index in [9.17, 15) is 13.2 Å². The van der Waals surface area contributed by atoms with Crippen molar-refractivity contribution in [2.45, 2.75) is 24.3 Å². The van der Waals surface area contributed by atoms with E-state index in [-0.39, 0.29) is 16.5 Å². The molecule has 9 heteroatoms. The number of para-hydroxylation sites is 1. The number of nitrogens with one attached hydrogen (secondary N) is 1. The molecule has 0 saturated heterocycles. The van der Waals surface area contributed by atoms with Gasteiger partial charge in [-0.3, -0.25) is 9.10 Å². The Kier molecular flexibility index (Phi) is 4.48. The zero-order chi connectivity index (χ0) is 21.6. The summed E-state index contributed by atoms with van der Waals surface area (Å²) in [7, 11) is -3.83. The van der Waals surface area contributed by atoms with E-state index < -0.39 is 15.9 Å². The van der Waals surface area contributed by atoms with Crippen LogP contribution in [0.4, 0.5) is 11.5 Å². The molecule has 1 atom stereocenters. The maximum absolute atomic E-state index is 13.5. The number of anilines is 2. The third-order valence-corrected chi connectivity index (χ3v) is 7.25. The minimum absolute atomic E-state index is 0.0719. The van der Waals surface area contributed by atoms with Crippen molar-refractivity contribution in [2.24, 2.45) is 0 Å². The van der Waals surface area contributed by atoms with Gasteiger partial charge in [-0.2, -0.15) is 9.61 Å². The fourth-order valence-corrected chi connectivity index (χ4v) is 5.67. The quantitative estimate of drug-likeness (QED) is 0.533. The maximum atomic E-state index is 13.5. The van der Waals surface area contributed by atoms with Crippen LogP contribution < -0.4 is 9.62 Å². The van der Waals surface area contributed by atoms with Crippen LogP contribution in [-0.4, -0.2) is 35.0 Å². The smallest absolute Gasteiger partial charge is 0.264 e. The second-order valence-corrected chi connectivity index (χ2v) is 9.21. The summed E-state index contributed by atoms with van der Waals surface area (Å²) in [5, 5.41) is 6.91. The van der Waals surface area contributed by atoms with Crippen molar-refractivity contribution in [1.82, 2.24) is 14.6 Å². The zero-order valence-electron chi connectivity index (χ0n) is 16.6. The molecule has 2 aromatic heterocycles. The van der Waals surface area contributed by atoms with Gasteiger partial charge < -0.3 is 5.32 Å². The van der Waals surface area contributed by atoms with Crippen LogP contribution in [-0.2, 0) is 16.4 Å². The van der Waals surface area contributed by atoms with E-state index in [1.165, 1.54) is 21.0 Å². The third-order valence-electron chi connectivity index (χ3n) is 5.33. The first-order valence-corrected chi connectivity index (χ1v) is 11.2. The molecule has 0 bridgehead atoms. The van der Waals surface area contributed by atoms with Gasteiger partial charge in [-0.1, -0.05) is 24.3 Å². The van der Waals surface area contributed by atoms with Gasteiger partial charge in [-0.05, 0) is 49.2 Å². The molecule has 1 amide bonds. The fourth-order valence-electron chi connectivity index (χ4n) is 3.93. The Balaban J connectivity index is 1.47. The molecule has 1 aliphatic rings. The molecule has 8 nitrogen and oxygen atoms in total.